The quantitative estimate of drug-likeness (QED) is 0.385. The Balaban J connectivity index is 1.65. The minimum atomic E-state index is -0.725. The average molecular weight is 457 g/mol. The minimum Gasteiger partial charge on any atom is -0.487 e. The summed E-state index contributed by atoms with van der Waals surface area (Å²) in [7, 11) is 1.51. The second-order valence-electron chi connectivity index (χ2n) is 8.28. The number of carbonyl (C=O) groups is 3. The van der Waals surface area contributed by atoms with Crippen LogP contribution in [0.5, 0.6) is 5.75 Å². The first-order valence-electron chi connectivity index (χ1n) is 11.2. The van der Waals surface area contributed by atoms with Crippen molar-refractivity contribution in [1.29, 1.82) is 5.41 Å². The lowest BCUT2D eigenvalue weighted by Gasteiger charge is -2.26. The summed E-state index contributed by atoms with van der Waals surface area (Å²) in [4.78, 5) is 39.9. The van der Waals surface area contributed by atoms with Gasteiger partial charge in [-0.25, -0.2) is 0 Å². The molecule has 9 heteroatoms. The number of nitrogens with zero attached hydrogens (tertiary/aromatic N) is 2. The number of hydrogen-bond acceptors (Lipinski definition) is 7. The third kappa shape index (κ3) is 6.27. The Morgan fingerprint density at radius 3 is 2.79 bits per heavy atom. The van der Waals surface area contributed by atoms with Crippen molar-refractivity contribution in [1.82, 2.24) is 15.1 Å². The molecule has 0 saturated carbocycles. The van der Waals surface area contributed by atoms with E-state index < -0.39 is 6.04 Å². The van der Waals surface area contributed by atoms with E-state index in [1.54, 1.807) is 18.2 Å². The molecule has 1 aromatic carbocycles. The Hall–Kier alpha value is -3.04. The molecule has 1 saturated heterocycles. The lowest BCUT2D eigenvalue weighted by molar-refractivity contribution is -0.125. The number of likely N-dealkylation sites (N-methyl/N-ethyl adjacent to an activating group) is 1. The van der Waals surface area contributed by atoms with E-state index in [9.17, 15) is 14.4 Å². The molecule has 2 N–H and O–H groups in total. The molecular weight excluding hydrogens is 424 g/mol. The molecule has 0 spiro atoms. The van der Waals surface area contributed by atoms with Crippen LogP contribution in [-0.4, -0.2) is 86.2 Å². The largest absolute Gasteiger partial charge is 0.487 e. The molecular formula is C24H32N4O5. The molecule has 178 valence electrons. The van der Waals surface area contributed by atoms with Gasteiger partial charge in [-0.15, -0.1) is 0 Å². The van der Waals surface area contributed by atoms with E-state index in [0.717, 1.165) is 44.7 Å². The maximum absolute atomic E-state index is 13.0. The van der Waals surface area contributed by atoms with Crippen molar-refractivity contribution in [3.63, 3.8) is 0 Å². The van der Waals surface area contributed by atoms with Crippen LogP contribution < -0.4 is 10.1 Å². The number of nitrogens with one attached hydrogen (secondary N) is 2. The summed E-state index contributed by atoms with van der Waals surface area (Å²) >= 11 is 0. The Bertz CT molecular complexity index is 923. The number of hydrogen-bond donors (Lipinski definition) is 2. The zero-order valence-electron chi connectivity index (χ0n) is 19.3. The van der Waals surface area contributed by atoms with Crippen LogP contribution in [0.15, 0.2) is 29.8 Å². The van der Waals surface area contributed by atoms with Gasteiger partial charge in [0.2, 0.25) is 5.91 Å². The van der Waals surface area contributed by atoms with E-state index in [2.05, 4.69) is 10.2 Å². The molecule has 2 heterocycles. The van der Waals surface area contributed by atoms with Gasteiger partial charge >= 0.3 is 0 Å². The van der Waals surface area contributed by atoms with Crippen LogP contribution in [0.3, 0.4) is 0 Å². The first-order chi connectivity index (χ1) is 15.9. The molecule has 9 nitrogen and oxygen atoms in total. The fraction of sp³-hybridized carbons (Fsp3) is 0.500. The van der Waals surface area contributed by atoms with Gasteiger partial charge in [-0.05, 0) is 31.6 Å². The first-order valence-corrected chi connectivity index (χ1v) is 11.2. The summed E-state index contributed by atoms with van der Waals surface area (Å²) in [6, 6.07) is 4.49. The van der Waals surface area contributed by atoms with Gasteiger partial charge in [-0.3, -0.25) is 14.5 Å². The van der Waals surface area contributed by atoms with Gasteiger partial charge in [-0.1, -0.05) is 11.6 Å². The molecule has 2 amide bonds. The molecule has 2 aliphatic heterocycles. The molecule has 2 aliphatic rings. The summed E-state index contributed by atoms with van der Waals surface area (Å²) in [6.45, 7) is 6.34. The second-order valence-corrected chi connectivity index (χ2v) is 8.28. The zero-order valence-corrected chi connectivity index (χ0v) is 19.3. The number of benzene rings is 1. The molecule has 1 atom stereocenters. The normalized spacial score (nSPS) is 17.5. The van der Waals surface area contributed by atoms with E-state index in [4.69, 9.17) is 14.9 Å². The van der Waals surface area contributed by atoms with Crippen LogP contribution in [0.2, 0.25) is 0 Å². The maximum atomic E-state index is 13.0. The van der Waals surface area contributed by atoms with E-state index in [-0.39, 0.29) is 37.8 Å². The average Bonchev–Trinajstić information content (AvgIpc) is 3.15. The van der Waals surface area contributed by atoms with Gasteiger partial charge in [0.25, 0.3) is 5.91 Å². The Morgan fingerprint density at radius 1 is 1.33 bits per heavy atom. The van der Waals surface area contributed by atoms with Crippen molar-refractivity contribution in [3.8, 4) is 5.75 Å². The zero-order chi connectivity index (χ0) is 23.8. The minimum absolute atomic E-state index is 0.0785. The third-order valence-corrected chi connectivity index (χ3v) is 5.82. The highest BCUT2D eigenvalue weighted by Crippen LogP contribution is 2.33. The number of rotatable bonds is 11. The fourth-order valence-corrected chi connectivity index (χ4v) is 4.19. The summed E-state index contributed by atoms with van der Waals surface area (Å²) in [5, 5.41) is 10.9. The lowest BCUT2D eigenvalue weighted by Crippen LogP contribution is -2.46. The van der Waals surface area contributed by atoms with Crippen molar-refractivity contribution in [3.05, 3.63) is 41.0 Å². The lowest BCUT2D eigenvalue weighted by atomic mass is 10.1. The molecule has 0 radical (unpaired) electrons. The van der Waals surface area contributed by atoms with E-state index in [1.165, 1.54) is 11.9 Å². The molecule has 0 aliphatic carbocycles. The van der Waals surface area contributed by atoms with Crippen LogP contribution in [0, 0.1) is 5.41 Å². The summed E-state index contributed by atoms with van der Waals surface area (Å²) in [5.41, 5.74) is 2.60. The molecule has 1 fully saturated rings. The highest BCUT2D eigenvalue weighted by molar-refractivity contribution is 6.02. The van der Waals surface area contributed by atoms with Gasteiger partial charge in [0.15, 0.2) is 0 Å². The number of morpholine rings is 1. The van der Waals surface area contributed by atoms with Crippen LogP contribution >= 0.6 is 0 Å². The predicted octanol–water partition coefficient (Wildman–Crippen LogP) is 1.41. The van der Waals surface area contributed by atoms with Crippen LogP contribution in [0.1, 0.15) is 35.7 Å². The van der Waals surface area contributed by atoms with Gasteiger partial charge in [-0.2, -0.15) is 0 Å². The monoisotopic (exact) mass is 456 g/mol. The SMILES string of the molecule is CNC(=O)C(CCC=O)N1Cc2c(OCC(=N)/C=C(\C)CN3CCOCC3)cccc2C1=O. The number of ether oxygens (including phenoxy) is 2. The highest BCUT2D eigenvalue weighted by Gasteiger charge is 2.37. The molecule has 33 heavy (non-hydrogen) atoms. The van der Waals surface area contributed by atoms with E-state index in [0.29, 0.717) is 22.6 Å². The van der Waals surface area contributed by atoms with Gasteiger partial charge in [0, 0.05) is 44.2 Å². The fourth-order valence-electron chi connectivity index (χ4n) is 4.19. The smallest absolute Gasteiger partial charge is 0.255 e. The maximum Gasteiger partial charge on any atom is 0.255 e. The first kappa shape index (κ1) is 24.6. The van der Waals surface area contributed by atoms with E-state index in [1.807, 2.05) is 13.0 Å². The van der Waals surface area contributed by atoms with Crippen LogP contribution in [0.4, 0.5) is 0 Å². The van der Waals surface area contributed by atoms with Crippen LogP contribution in [0.25, 0.3) is 0 Å². The summed E-state index contributed by atoms with van der Waals surface area (Å²) in [5.74, 6) is -0.0345. The molecule has 3 rings (SSSR count). The highest BCUT2D eigenvalue weighted by atomic mass is 16.5. The number of aldehydes is 1. The summed E-state index contributed by atoms with van der Waals surface area (Å²) in [6.07, 6.45) is 3.02. The number of fused-ring (bicyclic) bond motifs is 1. The molecule has 0 aromatic heterocycles. The van der Waals surface area contributed by atoms with Crippen LogP contribution in [-0.2, 0) is 20.9 Å². The topological polar surface area (TPSA) is 112 Å². The molecule has 1 unspecified atom stereocenters. The second kappa shape index (κ2) is 11.7. The van der Waals surface area contributed by atoms with E-state index >= 15 is 0 Å². The predicted molar refractivity (Wildman–Crippen MR) is 124 cm³/mol. The van der Waals surface area contributed by atoms with Crippen molar-refractivity contribution >= 4 is 23.8 Å². The standard InChI is InChI=1S/C24H32N4O5/c1-17(14-27-8-11-32-12-9-27)13-18(25)16-33-22-7-3-5-19-20(22)15-28(24(19)31)21(6-4-10-29)23(30)26-2/h3,5,7,10,13,21,25H,4,6,8-9,11-12,14-16H2,1-2H3,(H,26,30)/b17-13+,25-18?. The summed E-state index contributed by atoms with van der Waals surface area (Å²) < 4.78 is 11.3. The van der Waals surface area contributed by atoms with Gasteiger partial charge in [0.1, 0.15) is 24.7 Å². The molecule has 0 bridgehead atoms. The van der Waals surface area contributed by atoms with Gasteiger partial charge < -0.3 is 29.9 Å². The Labute approximate surface area is 194 Å². The molecule has 1 aromatic rings. The van der Waals surface area contributed by atoms with Crippen molar-refractivity contribution in [2.24, 2.45) is 0 Å². The number of amides is 2. The third-order valence-electron chi connectivity index (χ3n) is 5.82. The number of carbonyl (C=O) groups excluding carboxylic acids is 3. The van der Waals surface area contributed by atoms with Crippen molar-refractivity contribution in [2.45, 2.75) is 32.4 Å². The van der Waals surface area contributed by atoms with Gasteiger partial charge in [0.05, 0.1) is 25.5 Å². The Morgan fingerprint density at radius 2 is 2.09 bits per heavy atom. The van der Waals surface area contributed by atoms with Crippen molar-refractivity contribution in [2.75, 3.05) is 46.5 Å². The van der Waals surface area contributed by atoms with Crippen molar-refractivity contribution < 1.29 is 23.9 Å². The Kier molecular flexibility index (Phi) is 8.73.